The minimum absolute atomic E-state index is 0.241. The van der Waals surface area contributed by atoms with Gasteiger partial charge in [-0.3, -0.25) is 9.59 Å². The third-order valence-electron chi connectivity index (χ3n) is 6.09. The van der Waals surface area contributed by atoms with Crippen molar-refractivity contribution < 1.29 is 14.3 Å². The number of benzene rings is 3. The lowest BCUT2D eigenvalue weighted by Crippen LogP contribution is -2.48. The molecule has 0 saturated heterocycles. The van der Waals surface area contributed by atoms with E-state index >= 15 is 0 Å². The first kappa shape index (κ1) is 27.4. The molecule has 194 valence electrons. The molecule has 37 heavy (non-hydrogen) atoms. The third kappa shape index (κ3) is 8.47. The van der Waals surface area contributed by atoms with Gasteiger partial charge in [0, 0.05) is 18.8 Å². The highest BCUT2D eigenvalue weighted by Crippen LogP contribution is 2.25. The van der Waals surface area contributed by atoms with Gasteiger partial charge < -0.3 is 26.9 Å². The Hall–Kier alpha value is -4.17. The zero-order valence-corrected chi connectivity index (χ0v) is 21.0. The highest BCUT2D eigenvalue weighted by atomic mass is 16.5. The Balaban J connectivity index is 1.75. The van der Waals surface area contributed by atoms with Gasteiger partial charge in [-0.1, -0.05) is 72.8 Å². The number of methoxy groups -OCH3 is 1. The lowest BCUT2D eigenvalue weighted by molar-refractivity contribution is -0.129. The summed E-state index contributed by atoms with van der Waals surface area (Å²) in [5.74, 6) is 4.88. The highest BCUT2D eigenvalue weighted by molar-refractivity contribution is 5.92. The Morgan fingerprint density at radius 1 is 0.892 bits per heavy atom. The summed E-state index contributed by atoms with van der Waals surface area (Å²) in [7, 11) is 1.60. The van der Waals surface area contributed by atoms with Gasteiger partial charge in [0.25, 0.3) is 0 Å². The van der Waals surface area contributed by atoms with Crippen LogP contribution < -0.4 is 26.9 Å². The Morgan fingerprint density at radius 2 is 1.49 bits per heavy atom. The fourth-order valence-electron chi connectivity index (χ4n) is 4.11. The zero-order valence-electron chi connectivity index (χ0n) is 21.0. The van der Waals surface area contributed by atoms with Crippen LogP contribution in [0.25, 0.3) is 0 Å². The van der Waals surface area contributed by atoms with E-state index in [9.17, 15) is 9.59 Å². The molecule has 0 heterocycles. The smallest absolute Gasteiger partial charge is 0.242 e. The topological polar surface area (TPSA) is 132 Å². The van der Waals surface area contributed by atoms with Gasteiger partial charge in [-0.05, 0) is 48.1 Å². The maximum absolute atomic E-state index is 13.6. The van der Waals surface area contributed by atoms with Crippen LogP contribution in [0.5, 0.6) is 5.75 Å². The van der Waals surface area contributed by atoms with E-state index in [0.29, 0.717) is 25.8 Å². The van der Waals surface area contributed by atoms with Crippen molar-refractivity contribution in [1.29, 1.82) is 0 Å². The molecule has 0 fully saturated rings. The lowest BCUT2D eigenvalue weighted by Gasteiger charge is -2.23. The summed E-state index contributed by atoms with van der Waals surface area (Å²) >= 11 is 0. The Morgan fingerprint density at radius 3 is 2.03 bits per heavy atom. The molecule has 0 spiro atoms. The molecular weight excluding hydrogens is 466 g/mol. The van der Waals surface area contributed by atoms with Crippen LogP contribution >= 0.6 is 0 Å². The van der Waals surface area contributed by atoms with E-state index in [1.54, 1.807) is 7.11 Å². The Labute approximate surface area is 218 Å². The average molecular weight is 502 g/mol. The fourth-order valence-corrected chi connectivity index (χ4v) is 4.11. The van der Waals surface area contributed by atoms with Crippen LogP contribution in [-0.4, -0.2) is 37.2 Å². The van der Waals surface area contributed by atoms with E-state index in [4.69, 9.17) is 16.3 Å². The number of carbonyl (C=O) groups excluding carboxylic acids is 2. The van der Waals surface area contributed by atoms with Gasteiger partial charge in [-0.15, -0.1) is 0 Å². The molecule has 0 aromatic heterocycles. The van der Waals surface area contributed by atoms with Crippen LogP contribution in [0.3, 0.4) is 0 Å². The maximum Gasteiger partial charge on any atom is 0.242 e. The second-order valence-corrected chi connectivity index (χ2v) is 8.77. The molecule has 3 aromatic carbocycles. The summed E-state index contributed by atoms with van der Waals surface area (Å²) < 4.78 is 5.19. The van der Waals surface area contributed by atoms with Crippen LogP contribution in [0.2, 0.25) is 0 Å². The molecule has 0 aliphatic carbocycles. The summed E-state index contributed by atoms with van der Waals surface area (Å²) in [4.78, 5) is 26.9. The number of amides is 2. The van der Waals surface area contributed by atoms with Crippen molar-refractivity contribution in [2.24, 2.45) is 16.7 Å². The van der Waals surface area contributed by atoms with E-state index in [1.807, 2.05) is 84.9 Å². The van der Waals surface area contributed by atoms with Crippen molar-refractivity contribution in [3.63, 3.8) is 0 Å². The third-order valence-corrected chi connectivity index (χ3v) is 6.09. The largest absolute Gasteiger partial charge is 0.497 e. The molecular formula is C29H35N5O3. The summed E-state index contributed by atoms with van der Waals surface area (Å²) in [5, 5.41) is 9.43. The lowest BCUT2D eigenvalue weighted by atomic mass is 9.90. The molecule has 0 saturated carbocycles. The van der Waals surface area contributed by atoms with Gasteiger partial charge in [-0.25, -0.2) is 0 Å². The predicted molar refractivity (Wildman–Crippen MR) is 146 cm³/mol. The first-order valence-electron chi connectivity index (χ1n) is 12.3. The van der Waals surface area contributed by atoms with Crippen LogP contribution in [0.15, 0.2) is 90.0 Å². The standard InChI is InChI=1S/C29H35N5O3/c1-37-25-17-15-21(16-18-25)19-32-28(35)26(14-8-13-24(30)20-33-31)34-29(36)27(22-9-4-2-5-10-22)23-11-6-3-7-12-23/h2-7,9-12,15-18,20,24,26-27H,8,13-14,19,30-31H2,1H3,(H,32,35)(H,34,36)/t24?,26-/m0/s1. The van der Waals surface area contributed by atoms with Crippen molar-refractivity contribution in [1.82, 2.24) is 10.6 Å². The van der Waals surface area contributed by atoms with E-state index in [0.717, 1.165) is 22.4 Å². The number of nitrogens with one attached hydrogen (secondary N) is 2. The first-order valence-corrected chi connectivity index (χ1v) is 12.3. The molecule has 3 rings (SSSR count). The second kappa shape index (κ2) is 14.4. The van der Waals surface area contributed by atoms with Crippen LogP contribution in [0.4, 0.5) is 0 Å². The molecule has 2 atom stereocenters. The van der Waals surface area contributed by atoms with Crippen molar-refractivity contribution in [3.05, 3.63) is 102 Å². The first-order chi connectivity index (χ1) is 18.0. The maximum atomic E-state index is 13.6. The minimum Gasteiger partial charge on any atom is -0.497 e. The van der Waals surface area contributed by atoms with Crippen molar-refractivity contribution in [2.45, 2.75) is 43.8 Å². The van der Waals surface area contributed by atoms with Crippen molar-refractivity contribution in [2.75, 3.05) is 7.11 Å². The number of nitrogens with two attached hydrogens (primary N) is 2. The number of nitrogens with zero attached hydrogens (tertiary/aromatic N) is 1. The van der Waals surface area contributed by atoms with Gasteiger partial charge in [0.05, 0.1) is 13.0 Å². The highest BCUT2D eigenvalue weighted by Gasteiger charge is 2.27. The number of rotatable bonds is 13. The van der Waals surface area contributed by atoms with E-state index in [1.165, 1.54) is 6.21 Å². The van der Waals surface area contributed by atoms with Gasteiger partial charge in [0.2, 0.25) is 11.8 Å². The number of ether oxygens (including phenoxy) is 1. The molecule has 0 aliphatic rings. The van der Waals surface area contributed by atoms with Gasteiger partial charge in [0.15, 0.2) is 0 Å². The van der Waals surface area contributed by atoms with Crippen LogP contribution in [0.1, 0.15) is 41.9 Å². The molecule has 0 bridgehead atoms. The molecule has 2 amide bonds. The van der Waals surface area contributed by atoms with Crippen molar-refractivity contribution in [3.8, 4) is 5.75 Å². The van der Waals surface area contributed by atoms with Gasteiger partial charge in [0.1, 0.15) is 11.8 Å². The molecule has 6 N–H and O–H groups in total. The molecule has 8 nitrogen and oxygen atoms in total. The predicted octanol–water partition coefficient (Wildman–Crippen LogP) is 3.07. The molecule has 8 heteroatoms. The Kier molecular flexibility index (Phi) is 10.7. The van der Waals surface area contributed by atoms with Crippen LogP contribution in [0, 0.1) is 0 Å². The normalized spacial score (nSPS) is 12.7. The molecule has 0 aliphatic heterocycles. The number of hydrazone groups is 1. The number of carbonyl (C=O) groups is 2. The summed E-state index contributed by atoms with van der Waals surface area (Å²) in [5.41, 5.74) is 8.61. The molecule has 3 aromatic rings. The summed E-state index contributed by atoms with van der Waals surface area (Å²) in [6, 6.07) is 25.5. The number of hydrogen-bond donors (Lipinski definition) is 4. The molecule has 0 radical (unpaired) electrons. The number of hydrogen-bond acceptors (Lipinski definition) is 6. The SMILES string of the molecule is COc1ccc(CNC(=O)[C@H](CCCC(N)C=NN)NC(=O)C(c2ccccc2)c2ccccc2)cc1. The van der Waals surface area contributed by atoms with E-state index in [2.05, 4.69) is 15.7 Å². The monoisotopic (exact) mass is 501 g/mol. The zero-order chi connectivity index (χ0) is 26.5. The summed E-state index contributed by atoms with van der Waals surface area (Å²) in [6.07, 6.45) is 3.08. The van der Waals surface area contributed by atoms with Crippen LogP contribution in [-0.2, 0) is 16.1 Å². The van der Waals surface area contributed by atoms with Gasteiger partial charge in [-0.2, -0.15) is 5.10 Å². The second-order valence-electron chi connectivity index (χ2n) is 8.77. The Bertz CT molecular complexity index is 1100. The molecule has 1 unspecified atom stereocenters. The average Bonchev–Trinajstić information content (AvgIpc) is 2.93. The fraction of sp³-hybridized carbons (Fsp3) is 0.276. The van der Waals surface area contributed by atoms with Gasteiger partial charge >= 0.3 is 0 Å². The minimum atomic E-state index is -0.734. The van der Waals surface area contributed by atoms with E-state index in [-0.39, 0.29) is 17.9 Å². The summed E-state index contributed by atoms with van der Waals surface area (Å²) in [6.45, 7) is 0.329. The van der Waals surface area contributed by atoms with Crippen molar-refractivity contribution >= 4 is 18.0 Å². The van der Waals surface area contributed by atoms with E-state index < -0.39 is 12.0 Å². The quantitative estimate of drug-likeness (QED) is 0.162.